The highest BCUT2D eigenvalue weighted by Gasteiger charge is 2.33. The zero-order valence-electron chi connectivity index (χ0n) is 14.0. The molecule has 24 heavy (non-hydrogen) atoms. The molecule has 0 aromatic heterocycles. The van der Waals surface area contributed by atoms with Crippen LogP contribution in [0.2, 0.25) is 0 Å². The molecule has 0 unspecified atom stereocenters. The lowest BCUT2D eigenvalue weighted by Crippen LogP contribution is -2.27. The van der Waals surface area contributed by atoms with E-state index in [0.29, 0.717) is 17.5 Å². The number of unbranched alkanes of at least 4 members (excludes halogenated alkanes) is 1. The standard InChI is InChI=1S/C18H22N2O3S/c1-3-5-6-12-7-8-13-15(24(19,22)23)10-9-14-17(13)16(12)18(21)20(14)11-4-2/h7-10H,3-6,11H2,1-2H3,(H2,19,22,23). The zero-order chi connectivity index (χ0) is 17.5. The minimum absolute atomic E-state index is 0.0323. The predicted octanol–water partition coefficient (Wildman–Crippen LogP) is 3.20. The Morgan fingerprint density at radius 2 is 1.83 bits per heavy atom. The number of benzene rings is 2. The molecule has 0 fully saturated rings. The Morgan fingerprint density at radius 1 is 1.08 bits per heavy atom. The van der Waals surface area contributed by atoms with Crippen LogP contribution in [-0.4, -0.2) is 20.9 Å². The third-order valence-electron chi connectivity index (χ3n) is 4.51. The number of carbonyl (C=O) groups is 1. The van der Waals surface area contributed by atoms with Gasteiger partial charge in [-0.15, -0.1) is 0 Å². The summed E-state index contributed by atoms with van der Waals surface area (Å²) in [5.41, 5.74) is 2.42. The van der Waals surface area contributed by atoms with Gasteiger partial charge in [0, 0.05) is 17.3 Å². The van der Waals surface area contributed by atoms with Crippen molar-refractivity contribution in [2.24, 2.45) is 5.14 Å². The molecule has 0 bridgehead atoms. The van der Waals surface area contributed by atoms with Gasteiger partial charge in [0.15, 0.2) is 0 Å². The van der Waals surface area contributed by atoms with Crippen LogP contribution in [0.5, 0.6) is 0 Å². The molecule has 3 rings (SSSR count). The third-order valence-corrected chi connectivity index (χ3v) is 5.48. The Balaban J connectivity index is 2.33. The number of primary sulfonamides is 1. The van der Waals surface area contributed by atoms with Crippen LogP contribution in [0.4, 0.5) is 5.69 Å². The topological polar surface area (TPSA) is 80.5 Å². The monoisotopic (exact) mass is 346 g/mol. The molecule has 2 N–H and O–H groups in total. The van der Waals surface area contributed by atoms with E-state index in [0.717, 1.165) is 42.3 Å². The number of nitrogens with zero attached hydrogens (tertiary/aromatic N) is 1. The Hall–Kier alpha value is -1.92. The molecule has 2 aromatic carbocycles. The van der Waals surface area contributed by atoms with Gasteiger partial charge in [-0.2, -0.15) is 0 Å². The molecule has 5 nitrogen and oxygen atoms in total. The van der Waals surface area contributed by atoms with E-state index >= 15 is 0 Å². The van der Waals surface area contributed by atoms with Gasteiger partial charge >= 0.3 is 0 Å². The first-order valence-electron chi connectivity index (χ1n) is 8.33. The third kappa shape index (κ3) is 2.59. The number of rotatable bonds is 6. The van der Waals surface area contributed by atoms with Gasteiger partial charge in [-0.05, 0) is 37.0 Å². The average molecular weight is 346 g/mol. The molecule has 1 aliphatic heterocycles. The van der Waals surface area contributed by atoms with E-state index in [9.17, 15) is 13.2 Å². The highest BCUT2D eigenvalue weighted by Crippen LogP contribution is 2.41. The van der Waals surface area contributed by atoms with Gasteiger partial charge in [0.1, 0.15) is 0 Å². The smallest absolute Gasteiger partial charge is 0.259 e. The Bertz CT molecular complexity index is 919. The normalized spacial score (nSPS) is 14.0. The molecule has 0 saturated heterocycles. The summed E-state index contributed by atoms with van der Waals surface area (Å²) in [5.74, 6) is -0.0323. The summed E-state index contributed by atoms with van der Waals surface area (Å²) in [4.78, 5) is 14.8. The van der Waals surface area contributed by atoms with E-state index in [-0.39, 0.29) is 10.8 Å². The van der Waals surface area contributed by atoms with Crippen molar-refractivity contribution in [2.75, 3.05) is 11.4 Å². The quantitative estimate of drug-likeness (QED) is 0.872. The molecule has 6 heteroatoms. The summed E-state index contributed by atoms with van der Waals surface area (Å²) in [7, 11) is -3.84. The SMILES string of the molecule is CCCCc1ccc2c(S(N)(=O)=O)ccc3c2c1C(=O)N3CCC. The van der Waals surface area contributed by atoms with Crippen molar-refractivity contribution in [3.63, 3.8) is 0 Å². The van der Waals surface area contributed by atoms with E-state index in [4.69, 9.17) is 5.14 Å². The summed E-state index contributed by atoms with van der Waals surface area (Å²) in [6.45, 7) is 4.74. The maximum Gasteiger partial charge on any atom is 0.259 e. The second kappa shape index (κ2) is 6.18. The number of nitrogens with two attached hydrogens (primary N) is 1. The van der Waals surface area contributed by atoms with Gasteiger partial charge in [0.25, 0.3) is 5.91 Å². The number of sulfonamides is 1. The van der Waals surface area contributed by atoms with Crippen LogP contribution in [0.3, 0.4) is 0 Å². The molecule has 1 amide bonds. The number of aryl methyl sites for hydroxylation is 1. The maximum absolute atomic E-state index is 13.0. The van der Waals surface area contributed by atoms with E-state index in [1.807, 2.05) is 13.0 Å². The van der Waals surface area contributed by atoms with E-state index in [1.165, 1.54) is 6.07 Å². The molecule has 1 heterocycles. The van der Waals surface area contributed by atoms with Gasteiger partial charge in [0.05, 0.1) is 16.1 Å². The van der Waals surface area contributed by atoms with Crippen LogP contribution in [0.15, 0.2) is 29.2 Å². The summed E-state index contributed by atoms with van der Waals surface area (Å²) in [6, 6.07) is 6.87. The molecule has 0 aliphatic carbocycles. The number of hydrogen-bond acceptors (Lipinski definition) is 3. The number of amides is 1. The molecule has 0 saturated carbocycles. The van der Waals surface area contributed by atoms with Crippen molar-refractivity contribution in [1.82, 2.24) is 0 Å². The number of hydrogen-bond donors (Lipinski definition) is 1. The second-order valence-electron chi connectivity index (χ2n) is 6.21. The fourth-order valence-electron chi connectivity index (χ4n) is 3.43. The fourth-order valence-corrected chi connectivity index (χ4v) is 4.16. The molecule has 0 radical (unpaired) electrons. The van der Waals surface area contributed by atoms with Crippen molar-refractivity contribution in [3.05, 3.63) is 35.4 Å². The Labute approximate surface area is 142 Å². The highest BCUT2D eigenvalue weighted by molar-refractivity contribution is 7.89. The van der Waals surface area contributed by atoms with Gasteiger partial charge in [-0.3, -0.25) is 4.79 Å². The van der Waals surface area contributed by atoms with Crippen LogP contribution in [0.1, 0.15) is 49.0 Å². The summed E-state index contributed by atoms with van der Waals surface area (Å²) in [5, 5.41) is 6.63. The lowest BCUT2D eigenvalue weighted by Gasteiger charge is -2.16. The lowest BCUT2D eigenvalue weighted by atomic mass is 9.96. The van der Waals surface area contributed by atoms with Gasteiger partial charge < -0.3 is 4.90 Å². The summed E-state index contributed by atoms with van der Waals surface area (Å²) >= 11 is 0. The van der Waals surface area contributed by atoms with Crippen molar-refractivity contribution in [1.29, 1.82) is 0 Å². The molecule has 2 aromatic rings. The minimum Gasteiger partial charge on any atom is -0.308 e. The Kier molecular flexibility index (Phi) is 4.36. The van der Waals surface area contributed by atoms with Crippen LogP contribution < -0.4 is 10.0 Å². The van der Waals surface area contributed by atoms with E-state index < -0.39 is 10.0 Å². The highest BCUT2D eigenvalue weighted by atomic mass is 32.2. The summed E-state index contributed by atoms with van der Waals surface area (Å²) in [6.07, 6.45) is 3.67. The fraction of sp³-hybridized carbons (Fsp3) is 0.389. The first-order chi connectivity index (χ1) is 11.4. The largest absolute Gasteiger partial charge is 0.308 e. The number of carbonyl (C=O) groups excluding carboxylic acids is 1. The molecule has 128 valence electrons. The first kappa shape index (κ1) is 16.9. The van der Waals surface area contributed by atoms with E-state index in [1.54, 1.807) is 17.0 Å². The first-order valence-corrected chi connectivity index (χ1v) is 9.88. The Morgan fingerprint density at radius 3 is 2.46 bits per heavy atom. The van der Waals surface area contributed by atoms with Gasteiger partial charge in [-0.1, -0.05) is 32.4 Å². The maximum atomic E-state index is 13.0. The molecular weight excluding hydrogens is 324 g/mol. The van der Waals surface area contributed by atoms with Gasteiger partial charge in [-0.25, -0.2) is 13.6 Å². The van der Waals surface area contributed by atoms with Crippen LogP contribution >= 0.6 is 0 Å². The minimum atomic E-state index is -3.84. The van der Waals surface area contributed by atoms with Crippen molar-refractivity contribution in [3.8, 4) is 0 Å². The molecular formula is C18H22N2O3S. The van der Waals surface area contributed by atoms with Crippen LogP contribution in [-0.2, 0) is 16.4 Å². The molecule has 1 aliphatic rings. The van der Waals surface area contributed by atoms with Crippen molar-refractivity contribution >= 4 is 32.4 Å². The van der Waals surface area contributed by atoms with Gasteiger partial charge in [0.2, 0.25) is 10.0 Å². The molecule has 0 atom stereocenters. The number of anilines is 1. The lowest BCUT2D eigenvalue weighted by molar-refractivity contribution is 0.0992. The van der Waals surface area contributed by atoms with Crippen molar-refractivity contribution in [2.45, 2.75) is 44.4 Å². The van der Waals surface area contributed by atoms with Crippen molar-refractivity contribution < 1.29 is 13.2 Å². The van der Waals surface area contributed by atoms with E-state index in [2.05, 4.69) is 6.92 Å². The zero-order valence-corrected chi connectivity index (χ0v) is 14.8. The second-order valence-corrected chi connectivity index (χ2v) is 7.74. The average Bonchev–Trinajstić information content (AvgIpc) is 2.81. The van der Waals surface area contributed by atoms with Crippen LogP contribution in [0.25, 0.3) is 10.8 Å². The van der Waals surface area contributed by atoms with Crippen LogP contribution in [0, 0.1) is 0 Å². The molecule has 0 spiro atoms. The summed E-state index contributed by atoms with van der Waals surface area (Å²) < 4.78 is 23.8. The predicted molar refractivity (Wildman–Crippen MR) is 95.9 cm³/mol.